The van der Waals surface area contributed by atoms with E-state index in [0.29, 0.717) is 25.2 Å². The quantitative estimate of drug-likeness (QED) is 0.395. The van der Waals surface area contributed by atoms with Gasteiger partial charge in [-0.1, -0.05) is 31.2 Å². The van der Waals surface area contributed by atoms with Crippen LogP contribution >= 0.6 is 24.0 Å². The first-order valence-corrected chi connectivity index (χ1v) is 8.08. The summed E-state index contributed by atoms with van der Waals surface area (Å²) in [5, 5.41) is 3.27. The van der Waals surface area contributed by atoms with Crippen LogP contribution in [0.5, 0.6) is 0 Å². The minimum absolute atomic E-state index is 0. The van der Waals surface area contributed by atoms with Crippen LogP contribution in [0.1, 0.15) is 30.9 Å². The van der Waals surface area contributed by atoms with Crippen LogP contribution in [0.4, 0.5) is 0 Å². The van der Waals surface area contributed by atoms with E-state index in [9.17, 15) is 0 Å². The highest BCUT2D eigenvalue weighted by Gasteiger charge is 2.22. The van der Waals surface area contributed by atoms with Gasteiger partial charge in [0.1, 0.15) is 0 Å². The van der Waals surface area contributed by atoms with Gasteiger partial charge in [-0.2, -0.15) is 0 Å². The summed E-state index contributed by atoms with van der Waals surface area (Å²) in [5.74, 6) is 0.523. The minimum Gasteiger partial charge on any atom is -0.380 e. The second kappa shape index (κ2) is 10.8. The molecular formula is C17H29IN4O. The Morgan fingerprint density at radius 3 is 2.83 bits per heavy atom. The van der Waals surface area contributed by atoms with E-state index in [1.165, 1.54) is 19.4 Å². The van der Waals surface area contributed by atoms with Gasteiger partial charge in [-0.25, -0.2) is 4.99 Å². The smallest absolute Gasteiger partial charge is 0.188 e. The Kier molecular flexibility index (Phi) is 9.50. The molecule has 0 aromatic heterocycles. The molecule has 0 bridgehead atoms. The van der Waals surface area contributed by atoms with Gasteiger partial charge < -0.3 is 15.8 Å². The molecule has 1 aliphatic rings. The van der Waals surface area contributed by atoms with E-state index < -0.39 is 0 Å². The second-order valence-electron chi connectivity index (χ2n) is 5.71. The Bertz CT molecular complexity index is 495. The van der Waals surface area contributed by atoms with E-state index in [4.69, 9.17) is 10.5 Å². The van der Waals surface area contributed by atoms with Crippen molar-refractivity contribution >= 4 is 29.9 Å². The van der Waals surface area contributed by atoms with Crippen LogP contribution in [-0.4, -0.2) is 43.6 Å². The Morgan fingerprint density at radius 1 is 1.39 bits per heavy atom. The zero-order valence-electron chi connectivity index (χ0n) is 14.1. The topological polar surface area (TPSA) is 62.9 Å². The number of hydrogen-bond donors (Lipinski definition) is 2. The molecule has 0 spiro atoms. The summed E-state index contributed by atoms with van der Waals surface area (Å²) in [4.78, 5) is 6.95. The van der Waals surface area contributed by atoms with Crippen molar-refractivity contribution in [1.82, 2.24) is 10.2 Å². The zero-order chi connectivity index (χ0) is 15.8. The molecular weight excluding hydrogens is 403 g/mol. The fourth-order valence-electron chi connectivity index (χ4n) is 3.00. The summed E-state index contributed by atoms with van der Waals surface area (Å²) in [6, 6.07) is 8.75. The van der Waals surface area contributed by atoms with Gasteiger partial charge in [0.05, 0.1) is 13.2 Å². The molecule has 1 fully saturated rings. The third kappa shape index (κ3) is 6.27. The van der Waals surface area contributed by atoms with Crippen LogP contribution in [-0.2, 0) is 17.9 Å². The Labute approximate surface area is 156 Å². The van der Waals surface area contributed by atoms with Crippen molar-refractivity contribution in [2.45, 2.75) is 39.0 Å². The lowest BCUT2D eigenvalue weighted by atomic mass is 10.1. The van der Waals surface area contributed by atoms with Gasteiger partial charge >= 0.3 is 0 Å². The van der Waals surface area contributed by atoms with Crippen LogP contribution in [0.3, 0.4) is 0 Å². The number of ether oxygens (including phenoxy) is 1. The number of methoxy groups -OCH3 is 1. The monoisotopic (exact) mass is 432 g/mol. The van der Waals surface area contributed by atoms with Crippen LogP contribution in [0.2, 0.25) is 0 Å². The van der Waals surface area contributed by atoms with Crippen LogP contribution in [0.25, 0.3) is 0 Å². The first-order valence-electron chi connectivity index (χ1n) is 8.08. The van der Waals surface area contributed by atoms with E-state index in [2.05, 4.69) is 34.3 Å². The highest BCUT2D eigenvalue weighted by molar-refractivity contribution is 14.0. The molecule has 1 aliphatic heterocycles. The second-order valence-corrected chi connectivity index (χ2v) is 5.71. The van der Waals surface area contributed by atoms with Crippen molar-refractivity contribution in [2.75, 3.05) is 26.7 Å². The maximum absolute atomic E-state index is 6.00. The van der Waals surface area contributed by atoms with Gasteiger partial charge in [-0.3, -0.25) is 4.90 Å². The van der Waals surface area contributed by atoms with E-state index >= 15 is 0 Å². The number of hydrogen-bond acceptors (Lipinski definition) is 3. The van der Waals surface area contributed by atoms with Crippen molar-refractivity contribution in [3.8, 4) is 0 Å². The van der Waals surface area contributed by atoms with Crippen molar-refractivity contribution in [3.05, 3.63) is 35.4 Å². The molecule has 3 N–H and O–H groups in total. The van der Waals surface area contributed by atoms with E-state index in [1.54, 1.807) is 7.11 Å². The molecule has 1 aromatic rings. The summed E-state index contributed by atoms with van der Waals surface area (Å²) in [7, 11) is 1.71. The number of likely N-dealkylation sites (N-methyl/N-ethyl adjacent to an activating group) is 1. The summed E-state index contributed by atoms with van der Waals surface area (Å²) >= 11 is 0. The lowest BCUT2D eigenvalue weighted by Crippen LogP contribution is -2.42. The van der Waals surface area contributed by atoms with E-state index in [1.807, 2.05) is 12.1 Å². The Balaban J connectivity index is 0.00000264. The molecule has 1 heterocycles. The fraction of sp³-hybridized carbons (Fsp3) is 0.588. The highest BCUT2D eigenvalue weighted by Crippen LogP contribution is 2.15. The minimum atomic E-state index is 0. The maximum Gasteiger partial charge on any atom is 0.188 e. The van der Waals surface area contributed by atoms with Crippen molar-refractivity contribution in [2.24, 2.45) is 10.7 Å². The lowest BCUT2D eigenvalue weighted by molar-refractivity contribution is 0.184. The number of aliphatic imine (C=N–C) groups is 1. The van der Waals surface area contributed by atoms with Crippen LogP contribution < -0.4 is 11.1 Å². The number of likely N-dealkylation sites (tertiary alicyclic amines) is 1. The predicted octanol–water partition coefficient (Wildman–Crippen LogP) is 2.34. The number of nitrogens with zero attached hydrogens (tertiary/aromatic N) is 2. The number of rotatable bonds is 7. The molecule has 0 radical (unpaired) electrons. The van der Waals surface area contributed by atoms with Gasteiger partial charge in [0.15, 0.2) is 5.96 Å². The molecule has 1 unspecified atom stereocenters. The largest absolute Gasteiger partial charge is 0.380 e. The van der Waals surface area contributed by atoms with Gasteiger partial charge in [-0.05, 0) is 37.1 Å². The molecule has 2 rings (SSSR count). The van der Waals surface area contributed by atoms with Crippen molar-refractivity contribution < 1.29 is 4.74 Å². The lowest BCUT2D eigenvalue weighted by Gasteiger charge is -2.23. The Morgan fingerprint density at radius 2 is 2.13 bits per heavy atom. The van der Waals surface area contributed by atoms with E-state index in [-0.39, 0.29) is 24.0 Å². The van der Waals surface area contributed by atoms with Crippen LogP contribution in [0, 0.1) is 0 Å². The molecule has 1 aromatic carbocycles. The maximum atomic E-state index is 6.00. The fourth-order valence-corrected chi connectivity index (χ4v) is 3.00. The standard InChI is InChI=1S/C17H28N4O.HI/c1-3-21-10-6-9-16(21)12-20-17(18)19-11-14-7-4-5-8-15(14)13-22-2;/h4-5,7-8,16H,3,6,9-13H2,1-2H3,(H3,18,19,20);1H. The summed E-state index contributed by atoms with van der Waals surface area (Å²) < 4.78 is 5.21. The average molecular weight is 432 g/mol. The molecule has 23 heavy (non-hydrogen) atoms. The summed E-state index contributed by atoms with van der Waals surface area (Å²) in [6.45, 7) is 6.58. The number of benzene rings is 1. The molecule has 1 saturated heterocycles. The normalized spacial score (nSPS) is 18.7. The van der Waals surface area contributed by atoms with Gasteiger partial charge in [0.2, 0.25) is 0 Å². The first-order chi connectivity index (χ1) is 10.7. The van der Waals surface area contributed by atoms with Gasteiger partial charge in [-0.15, -0.1) is 24.0 Å². The molecule has 1 atom stereocenters. The SMILES string of the molecule is CCN1CCCC1CNC(N)=NCc1ccccc1COC.I. The number of halogens is 1. The van der Waals surface area contributed by atoms with Gasteiger partial charge in [0.25, 0.3) is 0 Å². The summed E-state index contributed by atoms with van der Waals surface area (Å²) in [6.07, 6.45) is 2.52. The predicted molar refractivity (Wildman–Crippen MR) is 106 cm³/mol. The third-order valence-corrected chi connectivity index (χ3v) is 4.26. The molecule has 5 nitrogen and oxygen atoms in total. The third-order valence-electron chi connectivity index (χ3n) is 4.26. The van der Waals surface area contributed by atoms with Gasteiger partial charge in [0, 0.05) is 19.7 Å². The zero-order valence-corrected chi connectivity index (χ0v) is 16.5. The molecule has 6 heteroatoms. The number of nitrogens with two attached hydrogens (primary N) is 1. The molecule has 0 amide bonds. The molecule has 130 valence electrons. The first kappa shape index (κ1) is 20.2. The number of guanidine groups is 1. The molecule has 0 saturated carbocycles. The summed E-state index contributed by atoms with van der Waals surface area (Å²) in [5.41, 5.74) is 8.32. The average Bonchev–Trinajstić information content (AvgIpc) is 3.00. The number of nitrogens with one attached hydrogen (secondary N) is 1. The molecule has 0 aliphatic carbocycles. The van der Waals surface area contributed by atoms with Crippen molar-refractivity contribution in [3.63, 3.8) is 0 Å². The Hall–Kier alpha value is -0.860. The van der Waals surface area contributed by atoms with Crippen molar-refractivity contribution in [1.29, 1.82) is 0 Å². The highest BCUT2D eigenvalue weighted by atomic mass is 127. The van der Waals surface area contributed by atoms with E-state index in [0.717, 1.165) is 24.2 Å². The van der Waals surface area contributed by atoms with Crippen LogP contribution in [0.15, 0.2) is 29.3 Å².